The van der Waals surface area contributed by atoms with Crippen molar-refractivity contribution in [3.05, 3.63) is 58.5 Å². The normalized spacial score (nSPS) is 21.9. The van der Waals surface area contributed by atoms with Crippen molar-refractivity contribution in [1.82, 2.24) is 13.8 Å². The second-order valence-electron chi connectivity index (χ2n) is 8.49. The lowest BCUT2D eigenvalue weighted by Crippen LogP contribution is -2.47. The van der Waals surface area contributed by atoms with Crippen LogP contribution in [0.4, 0.5) is 0 Å². The maximum atomic E-state index is 12.8. The van der Waals surface area contributed by atoms with E-state index in [-0.39, 0.29) is 11.3 Å². The number of hydrogen-bond acceptors (Lipinski definition) is 4. The van der Waals surface area contributed by atoms with Gasteiger partial charge in [-0.25, -0.2) is 12.7 Å². The molecule has 2 aliphatic heterocycles. The van der Waals surface area contributed by atoms with Gasteiger partial charge >= 0.3 is 0 Å². The van der Waals surface area contributed by atoms with E-state index in [1.165, 1.54) is 4.31 Å². The number of nitrogens with zero attached hydrogens (tertiary/aromatic N) is 3. The van der Waals surface area contributed by atoms with Crippen molar-refractivity contribution in [3.63, 3.8) is 0 Å². The van der Waals surface area contributed by atoms with Crippen molar-refractivity contribution in [2.24, 2.45) is 5.92 Å². The van der Waals surface area contributed by atoms with Crippen molar-refractivity contribution in [3.8, 4) is 11.1 Å². The van der Waals surface area contributed by atoms with Crippen LogP contribution in [0.3, 0.4) is 0 Å². The van der Waals surface area contributed by atoms with E-state index < -0.39 is 10.0 Å². The van der Waals surface area contributed by atoms with Gasteiger partial charge in [0.2, 0.25) is 10.0 Å². The number of benzene rings is 1. The summed E-state index contributed by atoms with van der Waals surface area (Å²) in [5, 5.41) is 0. The van der Waals surface area contributed by atoms with Crippen molar-refractivity contribution in [2.75, 3.05) is 39.5 Å². The monoisotopic (exact) mass is 415 g/mol. The predicted octanol–water partition coefficient (Wildman–Crippen LogP) is 2.22. The van der Waals surface area contributed by atoms with Crippen LogP contribution in [0.5, 0.6) is 0 Å². The van der Waals surface area contributed by atoms with E-state index in [9.17, 15) is 13.2 Å². The minimum atomic E-state index is -3.15. The number of aromatic nitrogens is 1. The molecule has 1 aromatic heterocycles. The Balaban J connectivity index is 1.51. The highest BCUT2D eigenvalue weighted by molar-refractivity contribution is 7.89. The Kier molecular flexibility index (Phi) is 5.64. The first-order valence-corrected chi connectivity index (χ1v) is 11.9. The van der Waals surface area contributed by atoms with Crippen LogP contribution in [-0.2, 0) is 16.6 Å². The number of fused-ring (bicyclic) bond motifs is 4. The van der Waals surface area contributed by atoms with Gasteiger partial charge in [0.25, 0.3) is 5.56 Å². The molecule has 2 aromatic rings. The summed E-state index contributed by atoms with van der Waals surface area (Å²) in [6, 6.07) is 14.0. The van der Waals surface area contributed by atoms with Crippen LogP contribution in [0.1, 0.15) is 24.5 Å². The van der Waals surface area contributed by atoms with Gasteiger partial charge in [0.1, 0.15) is 0 Å². The molecule has 2 aliphatic rings. The molecule has 0 amide bonds. The Hall–Kier alpha value is -1.96. The molecular weight excluding hydrogens is 386 g/mol. The number of hydrogen-bond donors (Lipinski definition) is 0. The Labute approximate surface area is 172 Å². The van der Waals surface area contributed by atoms with Gasteiger partial charge in [-0.1, -0.05) is 30.3 Å². The number of piperidine rings is 1. The van der Waals surface area contributed by atoms with Crippen LogP contribution in [-0.4, -0.2) is 61.7 Å². The van der Waals surface area contributed by atoms with Gasteiger partial charge in [0, 0.05) is 51.4 Å². The standard InChI is InChI=1S/C22H29N3O3S/c1-23(2)29(27,28)10-6-9-24-14-17-11-20(16-24)21-12-19(13-22(26)25(21)15-17)18-7-4-3-5-8-18/h3-5,7-8,12-13,17,20H,6,9-11,14-16H2,1-2H3/t17-,20+/m0/s1. The largest absolute Gasteiger partial charge is 0.312 e. The third-order valence-electron chi connectivity index (χ3n) is 6.17. The molecule has 0 unspecified atom stereocenters. The molecule has 0 saturated carbocycles. The Bertz CT molecular complexity index is 1030. The van der Waals surface area contributed by atoms with E-state index >= 15 is 0 Å². The van der Waals surface area contributed by atoms with Crippen LogP contribution in [0, 0.1) is 5.92 Å². The van der Waals surface area contributed by atoms with Gasteiger partial charge in [0.05, 0.1) is 5.75 Å². The van der Waals surface area contributed by atoms with Gasteiger partial charge in [-0.15, -0.1) is 0 Å². The van der Waals surface area contributed by atoms with Gasteiger partial charge in [0.15, 0.2) is 0 Å². The number of rotatable bonds is 6. The summed E-state index contributed by atoms with van der Waals surface area (Å²) in [6.07, 6.45) is 1.74. The molecule has 1 fully saturated rings. The highest BCUT2D eigenvalue weighted by Gasteiger charge is 2.34. The summed E-state index contributed by atoms with van der Waals surface area (Å²) >= 11 is 0. The topological polar surface area (TPSA) is 62.6 Å². The molecule has 1 aromatic carbocycles. The third kappa shape index (κ3) is 4.32. The Morgan fingerprint density at radius 2 is 1.79 bits per heavy atom. The highest BCUT2D eigenvalue weighted by atomic mass is 32.2. The maximum Gasteiger partial charge on any atom is 0.251 e. The number of pyridine rings is 1. The molecule has 7 heteroatoms. The van der Waals surface area contributed by atoms with Crippen LogP contribution in [0.15, 0.2) is 47.3 Å². The Morgan fingerprint density at radius 3 is 2.52 bits per heavy atom. The fourth-order valence-electron chi connectivity index (χ4n) is 4.69. The molecule has 4 rings (SSSR count). The molecule has 3 heterocycles. The SMILES string of the molecule is CN(C)S(=O)(=O)CCCN1C[C@@H]2C[C@H](C1)c1cc(-c3ccccc3)cc(=O)n1C2. The summed E-state index contributed by atoms with van der Waals surface area (Å²) in [5.41, 5.74) is 3.26. The fourth-order valence-corrected chi connectivity index (χ4v) is 5.55. The molecule has 29 heavy (non-hydrogen) atoms. The zero-order chi connectivity index (χ0) is 20.6. The van der Waals surface area contributed by atoms with Crippen LogP contribution in [0.25, 0.3) is 11.1 Å². The lowest BCUT2D eigenvalue weighted by molar-refractivity contribution is 0.120. The zero-order valence-electron chi connectivity index (χ0n) is 17.1. The minimum absolute atomic E-state index is 0.0848. The van der Waals surface area contributed by atoms with E-state index in [2.05, 4.69) is 11.0 Å². The molecule has 0 N–H and O–H groups in total. The highest BCUT2D eigenvalue weighted by Crippen LogP contribution is 2.36. The van der Waals surface area contributed by atoms with Gasteiger partial charge in [-0.05, 0) is 42.5 Å². The smallest absolute Gasteiger partial charge is 0.251 e. The number of likely N-dealkylation sites (tertiary alicyclic amines) is 1. The number of sulfonamides is 1. The van der Waals surface area contributed by atoms with Crippen LogP contribution < -0.4 is 5.56 Å². The van der Waals surface area contributed by atoms with Gasteiger partial charge < -0.3 is 9.47 Å². The quantitative estimate of drug-likeness (QED) is 0.726. The van der Waals surface area contributed by atoms with Crippen LogP contribution >= 0.6 is 0 Å². The third-order valence-corrected chi connectivity index (χ3v) is 8.09. The Morgan fingerprint density at radius 1 is 1.03 bits per heavy atom. The van der Waals surface area contributed by atoms with Gasteiger partial charge in [-0.3, -0.25) is 4.79 Å². The molecule has 1 saturated heterocycles. The fraction of sp³-hybridized carbons (Fsp3) is 0.500. The predicted molar refractivity (Wildman–Crippen MR) is 116 cm³/mol. The van der Waals surface area contributed by atoms with Crippen molar-refractivity contribution >= 4 is 10.0 Å². The van der Waals surface area contributed by atoms with E-state index in [1.807, 2.05) is 34.9 Å². The maximum absolute atomic E-state index is 12.8. The second kappa shape index (κ2) is 8.05. The lowest BCUT2D eigenvalue weighted by atomic mass is 9.82. The van der Waals surface area contributed by atoms with E-state index in [4.69, 9.17) is 0 Å². The first-order valence-electron chi connectivity index (χ1n) is 10.3. The summed E-state index contributed by atoms with van der Waals surface area (Å²) < 4.78 is 27.3. The van der Waals surface area contributed by atoms with Gasteiger partial charge in [-0.2, -0.15) is 0 Å². The first kappa shape index (κ1) is 20.3. The summed E-state index contributed by atoms with van der Waals surface area (Å²) in [6.45, 7) is 3.36. The molecule has 156 valence electrons. The minimum Gasteiger partial charge on any atom is -0.312 e. The molecule has 0 aliphatic carbocycles. The van der Waals surface area contributed by atoms with Crippen molar-refractivity contribution < 1.29 is 8.42 Å². The molecule has 6 nitrogen and oxygen atoms in total. The van der Waals surface area contributed by atoms with E-state index in [1.54, 1.807) is 20.2 Å². The van der Waals surface area contributed by atoms with E-state index in [0.717, 1.165) is 49.4 Å². The first-order chi connectivity index (χ1) is 13.8. The van der Waals surface area contributed by atoms with Crippen molar-refractivity contribution in [1.29, 1.82) is 0 Å². The molecule has 0 radical (unpaired) electrons. The molecule has 0 spiro atoms. The molecule has 2 bridgehead atoms. The van der Waals surface area contributed by atoms with Crippen LogP contribution in [0.2, 0.25) is 0 Å². The summed E-state index contributed by atoms with van der Waals surface area (Å²) in [7, 11) is 0.0189. The average Bonchev–Trinajstić information content (AvgIpc) is 2.69. The summed E-state index contributed by atoms with van der Waals surface area (Å²) in [5.74, 6) is 0.955. The van der Waals surface area contributed by atoms with Crippen molar-refractivity contribution in [2.45, 2.75) is 25.3 Å². The second-order valence-corrected chi connectivity index (χ2v) is 10.8. The zero-order valence-corrected chi connectivity index (χ0v) is 17.9. The molecular formula is C22H29N3O3S. The lowest BCUT2D eigenvalue weighted by Gasteiger charge is -2.43. The average molecular weight is 416 g/mol. The molecule has 2 atom stereocenters. The van der Waals surface area contributed by atoms with E-state index in [0.29, 0.717) is 18.3 Å². The summed E-state index contributed by atoms with van der Waals surface area (Å²) in [4.78, 5) is 15.2.